The van der Waals surface area contributed by atoms with Gasteiger partial charge in [0.25, 0.3) is 10.0 Å². The SMILES string of the molecule is CC(C)c1nc(S(=O)(=O)N(C)C2CN(c3cc4c(nn3)CCC4)C2)cn1C. The fourth-order valence-electron chi connectivity index (χ4n) is 3.80. The third kappa shape index (κ3) is 3.12. The number of hydrogen-bond acceptors (Lipinski definition) is 6. The quantitative estimate of drug-likeness (QED) is 0.766. The largest absolute Gasteiger partial charge is 0.352 e. The Labute approximate surface area is 160 Å². The van der Waals surface area contributed by atoms with Crippen LogP contribution in [-0.4, -0.2) is 58.7 Å². The van der Waals surface area contributed by atoms with Gasteiger partial charge in [-0.1, -0.05) is 13.8 Å². The highest BCUT2D eigenvalue weighted by molar-refractivity contribution is 7.89. The van der Waals surface area contributed by atoms with Crippen LogP contribution in [0.4, 0.5) is 5.82 Å². The summed E-state index contributed by atoms with van der Waals surface area (Å²) >= 11 is 0. The molecule has 0 aromatic carbocycles. The van der Waals surface area contributed by atoms with Gasteiger partial charge >= 0.3 is 0 Å². The number of hydrogen-bond donors (Lipinski definition) is 0. The van der Waals surface area contributed by atoms with E-state index in [4.69, 9.17) is 0 Å². The molecule has 1 saturated heterocycles. The number of aromatic nitrogens is 4. The Morgan fingerprint density at radius 2 is 1.96 bits per heavy atom. The second-order valence-electron chi connectivity index (χ2n) is 7.81. The van der Waals surface area contributed by atoms with E-state index in [2.05, 4.69) is 26.1 Å². The number of aryl methyl sites for hydroxylation is 3. The average Bonchev–Trinajstić information content (AvgIpc) is 3.19. The van der Waals surface area contributed by atoms with Crippen molar-refractivity contribution in [2.45, 2.75) is 50.1 Å². The molecule has 2 aromatic heterocycles. The highest BCUT2D eigenvalue weighted by Crippen LogP contribution is 2.28. The van der Waals surface area contributed by atoms with Crippen LogP contribution in [0.15, 0.2) is 17.3 Å². The highest BCUT2D eigenvalue weighted by atomic mass is 32.2. The molecule has 1 aliphatic carbocycles. The molecular weight excluding hydrogens is 364 g/mol. The Morgan fingerprint density at radius 3 is 2.63 bits per heavy atom. The molecule has 4 rings (SSSR count). The van der Waals surface area contributed by atoms with Crippen LogP contribution < -0.4 is 4.90 Å². The highest BCUT2D eigenvalue weighted by Gasteiger charge is 2.38. The van der Waals surface area contributed by atoms with Gasteiger partial charge in [0.15, 0.2) is 10.8 Å². The van der Waals surface area contributed by atoms with Crippen LogP contribution in [0.2, 0.25) is 0 Å². The van der Waals surface area contributed by atoms with Gasteiger partial charge in [-0.05, 0) is 30.9 Å². The maximum absolute atomic E-state index is 13.0. The first kappa shape index (κ1) is 18.4. The van der Waals surface area contributed by atoms with Crippen LogP contribution in [0.5, 0.6) is 0 Å². The van der Waals surface area contributed by atoms with Gasteiger partial charge in [0.2, 0.25) is 0 Å². The molecule has 3 heterocycles. The first-order valence-corrected chi connectivity index (χ1v) is 10.8. The van der Waals surface area contributed by atoms with Crippen LogP contribution in [0.1, 0.15) is 43.3 Å². The molecule has 0 atom stereocenters. The predicted octanol–water partition coefficient (Wildman–Crippen LogP) is 1.33. The third-order valence-electron chi connectivity index (χ3n) is 5.56. The van der Waals surface area contributed by atoms with Gasteiger partial charge < -0.3 is 9.47 Å². The van der Waals surface area contributed by atoms with E-state index in [-0.39, 0.29) is 17.0 Å². The fourth-order valence-corrected chi connectivity index (χ4v) is 5.12. The van der Waals surface area contributed by atoms with Gasteiger partial charge in [-0.2, -0.15) is 9.40 Å². The molecule has 2 aromatic rings. The van der Waals surface area contributed by atoms with Crippen LogP contribution in [-0.2, 0) is 29.9 Å². The molecule has 1 fully saturated rings. The summed E-state index contributed by atoms with van der Waals surface area (Å²) in [7, 11) is -0.144. The molecular formula is C18H26N6O2S. The third-order valence-corrected chi connectivity index (χ3v) is 7.34. The second-order valence-corrected chi connectivity index (χ2v) is 9.76. The summed E-state index contributed by atoms with van der Waals surface area (Å²) in [5, 5.41) is 8.75. The number of anilines is 1. The van der Waals surface area contributed by atoms with Crippen molar-refractivity contribution in [3.05, 3.63) is 29.3 Å². The van der Waals surface area contributed by atoms with Crippen molar-refractivity contribution >= 4 is 15.8 Å². The lowest BCUT2D eigenvalue weighted by Crippen LogP contribution is -2.60. The van der Waals surface area contributed by atoms with Crippen molar-refractivity contribution in [3.63, 3.8) is 0 Å². The first-order chi connectivity index (χ1) is 12.8. The van der Waals surface area contributed by atoms with Crippen molar-refractivity contribution in [1.29, 1.82) is 0 Å². The number of likely N-dealkylation sites (N-methyl/N-ethyl adjacent to an activating group) is 1. The molecule has 0 N–H and O–H groups in total. The minimum atomic E-state index is -3.61. The molecule has 0 radical (unpaired) electrons. The molecule has 1 aliphatic heterocycles. The van der Waals surface area contributed by atoms with Gasteiger partial charge in [0.05, 0.1) is 11.7 Å². The fraction of sp³-hybridized carbons (Fsp3) is 0.611. The minimum absolute atomic E-state index is 0.0884. The molecule has 9 heteroatoms. The van der Waals surface area contributed by atoms with E-state index >= 15 is 0 Å². The summed E-state index contributed by atoms with van der Waals surface area (Å²) in [5.41, 5.74) is 2.38. The molecule has 8 nitrogen and oxygen atoms in total. The number of fused-ring (bicyclic) bond motifs is 1. The minimum Gasteiger partial charge on any atom is -0.352 e. The van der Waals surface area contributed by atoms with E-state index in [1.54, 1.807) is 17.8 Å². The Kier molecular flexibility index (Phi) is 4.46. The van der Waals surface area contributed by atoms with Crippen molar-refractivity contribution in [2.75, 3.05) is 25.0 Å². The monoisotopic (exact) mass is 390 g/mol. The number of rotatable bonds is 5. The standard InChI is InChI=1S/C18H26N6O2S/c1-12(2)18-19-17(11-22(18)3)27(25,26)23(4)14-9-24(10-14)16-8-13-6-5-7-15(13)20-21-16/h8,11-12,14H,5-7,9-10H2,1-4H3. The molecule has 0 unspecified atom stereocenters. The summed E-state index contributed by atoms with van der Waals surface area (Å²) in [4.78, 5) is 6.44. The maximum atomic E-state index is 13.0. The Bertz CT molecular complexity index is 962. The smallest absolute Gasteiger partial charge is 0.262 e. The van der Waals surface area contributed by atoms with Gasteiger partial charge in [-0.3, -0.25) is 0 Å². The molecule has 27 heavy (non-hydrogen) atoms. The zero-order valence-corrected chi connectivity index (χ0v) is 17.1. The van der Waals surface area contributed by atoms with Crippen molar-refractivity contribution in [2.24, 2.45) is 7.05 Å². The Hall–Kier alpha value is -2.00. The van der Waals surface area contributed by atoms with E-state index in [1.807, 2.05) is 20.9 Å². The lowest BCUT2D eigenvalue weighted by Gasteiger charge is -2.43. The summed E-state index contributed by atoms with van der Waals surface area (Å²) in [6.45, 7) is 5.24. The van der Waals surface area contributed by atoms with E-state index in [1.165, 1.54) is 9.87 Å². The topological polar surface area (TPSA) is 84.2 Å². The summed E-state index contributed by atoms with van der Waals surface area (Å²) in [5.74, 6) is 1.78. The van der Waals surface area contributed by atoms with Crippen LogP contribution in [0, 0.1) is 0 Å². The summed E-state index contributed by atoms with van der Waals surface area (Å²) in [6.07, 6.45) is 4.80. The lowest BCUT2D eigenvalue weighted by atomic mass is 10.1. The first-order valence-electron chi connectivity index (χ1n) is 9.39. The molecule has 0 spiro atoms. The van der Waals surface area contributed by atoms with Gasteiger partial charge in [0.1, 0.15) is 5.82 Å². The zero-order valence-electron chi connectivity index (χ0n) is 16.3. The van der Waals surface area contributed by atoms with E-state index in [0.29, 0.717) is 13.1 Å². The molecule has 0 amide bonds. The number of sulfonamides is 1. The Balaban J connectivity index is 1.46. The molecule has 0 bridgehead atoms. The maximum Gasteiger partial charge on any atom is 0.262 e. The zero-order chi connectivity index (χ0) is 19.3. The van der Waals surface area contributed by atoms with Gasteiger partial charge in [-0.15, -0.1) is 5.10 Å². The summed E-state index contributed by atoms with van der Waals surface area (Å²) in [6, 6.07) is 2.02. The molecule has 2 aliphatic rings. The van der Waals surface area contributed by atoms with Crippen molar-refractivity contribution in [3.8, 4) is 0 Å². The van der Waals surface area contributed by atoms with Gasteiger partial charge in [-0.25, -0.2) is 13.4 Å². The van der Waals surface area contributed by atoms with E-state index in [0.717, 1.165) is 36.6 Å². The second kappa shape index (κ2) is 6.56. The predicted molar refractivity (Wildman–Crippen MR) is 102 cm³/mol. The molecule has 146 valence electrons. The Morgan fingerprint density at radius 1 is 1.22 bits per heavy atom. The lowest BCUT2D eigenvalue weighted by molar-refractivity contribution is 0.308. The normalized spacial score (nSPS) is 17.6. The van der Waals surface area contributed by atoms with Crippen molar-refractivity contribution in [1.82, 2.24) is 24.1 Å². The van der Waals surface area contributed by atoms with Gasteiger partial charge in [0, 0.05) is 39.3 Å². The number of imidazole rings is 1. The van der Waals surface area contributed by atoms with Crippen LogP contribution >= 0.6 is 0 Å². The van der Waals surface area contributed by atoms with Crippen LogP contribution in [0.25, 0.3) is 0 Å². The summed E-state index contributed by atoms with van der Waals surface area (Å²) < 4.78 is 29.1. The number of nitrogens with zero attached hydrogens (tertiary/aromatic N) is 6. The van der Waals surface area contributed by atoms with Crippen LogP contribution in [0.3, 0.4) is 0 Å². The average molecular weight is 391 g/mol. The van der Waals surface area contributed by atoms with E-state index in [9.17, 15) is 8.42 Å². The molecule has 0 saturated carbocycles. The van der Waals surface area contributed by atoms with Crippen molar-refractivity contribution < 1.29 is 8.42 Å². The van der Waals surface area contributed by atoms with E-state index < -0.39 is 10.0 Å².